The van der Waals surface area contributed by atoms with Gasteiger partial charge in [0, 0.05) is 0 Å². The number of aryl methyl sites for hydroxylation is 4. The van der Waals surface area contributed by atoms with Gasteiger partial charge in [0.15, 0.2) is 0 Å². The molecule has 0 nitrogen and oxygen atoms in total. The SMILES string of the molecule is CCCC[s+]1cccc1.CCC[s+]1cccc1.CC[s+]1cccc1.C[s+]1cccc1. The van der Waals surface area contributed by atoms with Gasteiger partial charge in [-0.05, 0) is 110 Å². The minimum absolute atomic E-state index is 0.466. The fourth-order valence-electron chi connectivity index (χ4n) is 2.41. The first-order valence-corrected chi connectivity index (χ1v) is 17.1. The van der Waals surface area contributed by atoms with Crippen LogP contribution in [0.2, 0.25) is 0 Å². The zero-order valence-electron chi connectivity index (χ0n) is 19.1. The summed E-state index contributed by atoms with van der Waals surface area (Å²) in [6.07, 6.45) is 6.20. The maximum atomic E-state index is 2.30. The predicted molar refractivity (Wildman–Crippen MR) is 148 cm³/mol. The third kappa shape index (κ3) is 13.9. The summed E-state index contributed by atoms with van der Waals surface area (Å²) in [7, 11) is 1.99. The van der Waals surface area contributed by atoms with Crippen LogP contribution in [0.3, 0.4) is 0 Å². The van der Waals surface area contributed by atoms with E-state index in [1.807, 2.05) is 0 Å². The molecule has 0 aromatic carbocycles. The molecule has 0 atom stereocenters. The highest BCUT2D eigenvalue weighted by molar-refractivity contribution is 7.28. The number of unbranched alkanes of at least 4 members (excludes halogenated alkanes) is 1. The lowest BCUT2D eigenvalue weighted by atomic mass is 10.4. The molecule has 0 bridgehead atoms. The van der Waals surface area contributed by atoms with Gasteiger partial charge in [-0.3, -0.25) is 0 Å². The van der Waals surface area contributed by atoms with Crippen molar-refractivity contribution in [3.63, 3.8) is 0 Å². The standard InChI is InChI=1S/C8H13S.C7H11S.C6H9S.C5H7S/c1-2-3-6-9-7-4-5-8-9;1-2-5-8-6-3-4-7-8;1-2-7-5-3-4-6-7;1-6-4-2-3-5-6/h4-5,7-8H,2-3,6H2,1H3;3-4,6-7H,2,5H2,1H3;3-6H,2H2,1H3;2-5H,1H3/q4*+1. The van der Waals surface area contributed by atoms with Gasteiger partial charge in [0.2, 0.25) is 0 Å². The molecule has 0 radical (unpaired) electrons. The van der Waals surface area contributed by atoms with Gasteiger partial charge >= 0.3 is 0 Å². The van der Waals surface area contributed by atoms with E-state index in [0.29, 0.717) is 41.9 Å². The lowest BCUT2D eigenvalue weighted by Gasteiger charge is -1.83. The topological polar surface area (TPSA) is 0 Å². The lowest BCUT2D eigenvalue weighted by Crippen LogP contribution is -1.68. The third-order valence-corrected chi connectivity index (χ3v) is 10.6. The van der Waals surface area contributed by atoms with E-state index in [9.17, 15) is 0 Å². The number of hydrogen-bond donors (Lipinski definition) is 0. The van der Waals surface area contributed by atoms with Crippen LogP contribution in [-0.2, 0) is 23.5 Å². The van der Waals surface area contributed by atoms with Crippen molar-refractivity contribution in [2.75, 3.05) is 0 Å². The van der Waals surface area contributed by atoms with Crippen molar-refractivity contribution in [1.29, 1.82) is 0 Å². The van der Waals surface area contributed by atoms with Crippen LogP contribution in [0.4, 0.5) is 0 Å². The maximum Gasteiger partial charge on any atom is 0.137 e. The monoisotopic (exact) mass is 480 g/mol. The molecule has 4 aromatic rings. The molecule has 0 aliphatic heterocycles. The third-order valence-electron chi connectivity index (χ3n) is 4.06. The Morgan fingerprint density at radius 3 is 1.17 bits per heavy atom. The molecule has 164 valence electrons. The van der Waals surface area contributed by atoms with Crippen molar-refractivity contribution in [1.82, 2.24) is 0 Å². The van der Waals surface area contributed by atoms with Crippen molar-refractivity contribution in [2.24, 2.45) is 6.26 Å². The molecule has 0 spiro atoms. The molecule has 0 unspecified atom stereocenters. The van der Waals surface area contributed by atoms with Gasteiger partial charge < -0.3 is 0 Å². The van der Waals surface area contributed by atoms with Crippen molar-refractivity contribution in [3.8, 4) is 0 Å². The fraction of sp³-hybridized carbons (Fsp3) is 0.385. The van der Waals surface area contributed by atoms with Gasteiger partial charge in [-0.25, -0.2) is 0 Å². The van der Waals surface area contributed by atoms with Crippen molar-refractivity contribution >= 4 is 41.9 Å². The molecule has 0 N–H and O–H groups in total. The smallest absolute Gasteiger partial charge is 0.0652 e. The van der Waals surface area contributed by atoms with E-state index in [-0.39, 0.29) is 0 Å². The highest BCUT2D eigenvalue weighted by Crippen LogP contribution is 2.20. The van der Waals surface area contributed by atoms with Gasteiger partial charge in [0.25, 0.3) is 0 Å². The normalized spacial score (nSPS) is 9.47. The zero-order chi connectivity index (χ0) is 21.9. The Morgan fingerprint density at radius 2 is 0.867 bits per heavy atom. The van der Waals surface area contributed by atoms with E-state index >= 15 is 0 Å². The molecule has 4 rings (SSSR count). The summed E-state index contributed by atoms with van der Waals surface area (Å²) < 4.78 is 0. The molecule has 4 heteroatoms. The van der Waals surface area contributed by atoms with Crippen LogP contribution in [0.25, 0.3) is 0 Å². The quantitative estimate of drug-likeness (QED) is 0.241. The van der Waals surface area contributed by atoms with Gasteiger partial charge in [0.1, 0.15) is 66.6 Å². The summed E-state index contributed by atoms with van der Waals surface area (Å²) in [5, 5.41) is 18.1. The summed E-state index contributed by atoms with van der Waals surface area (Å²) in [5.74, 6) is 3.98. The minimum Gasteiger partial charge on any atom is -0.0652 e. The average Bonchev–Trinajstić information content (AvgIpc) is 3.57. The van der Waals surface area contributed by atoms with E-state index in [4.69, 9.17) is 0 Å². The molecular weight excluding hydrogens is 441 g/mol. The first kappa shape index (κ1) is 26.8. The highest BCUT2D eigenvalue weighted by atomic mass is 32.2. The van der Waals surface area contributed by atoms with Crippen LogP contribution in [0, 0.1) is 0 Å². The second kappa shape index (κ2) is 18.6. The minimum atomic E-state index is 0.466. The first-order valence-electron chi connectivity index (χ1n) is 10.8. The largest absolute Gasteiger partial charge is 0.137 e. The molecule has 0 fully saturated rings. The molecule has 0 saturated heterocycles. The lowest BCUT2D eigenvalue weighted by molar-refractivity contribution is 0.854. The van der Waals surface area contributed by atoms with Crippen LogP contribution >= 0.6 is 41.9 Å². The van der Waals surface area contributed by atoms with Crippen molar-refractivity contribution in [3.05, 3.63) is 91.6 Å². The summed E-state index contributed by atoms with van der Waals surface area (Å²) >= 11 is 0. The zero-order valence-corrected chi connectivity index (χ0v) is 22.4. The summed E-state index contributed by atoms with van der Waals surface area (Å²) in [6.45, 7) is 6.68. The Hall–Kier alpha value is -1.20. The van der Waals surface area contributed by atoms with Crippen LogP contribution in [0.15, 0.2) is 91.6 Å². The van der Waals surface area contributed by atoms with Crippen molar-refractivity contribution in [2.45, 2.75) is 57.3 Å². The Morgan fingerprint density at radius 1 is 0.467 bits per heavy atom. The van der Waals surface area contributed by atoms with E-state index in [0.717, 1.165) is 0 Å². The molecule has 0 aliphatic rings. The van der Waals surface area contributed by atoms with E-state index < -0.39 is 0 Å². The predicted octanol–water partition coefficient (Wildman–Crippen LogP) is 10.5. The second-order valence-electron chi connectivity index (χ2n) is 6.69. The molecule has 0 aliphatic carbocycles. The molecular formula is C26H40S4+4. The summed E-state index contributed by atoms with van der Waals surface area (Å²) in [6, 6.07) is 17.0. The maximum absolute atomic E-state index is 2.30. The Kier molecular flexibility index (Phi) is 16.6. The summed E-state index contributed by atoms with van der Waals surface area (Å²) in [4.78, 5) is 0. The summed E-state index contributed by atoms with van der Waals surface area (Å²) in [5.41, 5.74) is 0. The van der Waals surface area contributed by atoms with Crippen LogP contribution < -0.4 is 0 Å². The van der Waals surface area contributed by atoms with Crippen LogP contribution in [-0.4, -0.2) is 0 Å². The van der Waals surface area contributed by atoms with Gasteiger partial charge in [-0.2, -0.15) is 0 Å². The Bertz CT molecular complexity index is 780. The van der Waals surface area contributed by atoms with Crippen LogP contribution in [0.5, 0.6) is 0 Å². The molecule has 4 heterocycles. The van der Waals surface area contributed by atoms with E-state index in [1.54, 1.807) is 0 Å². The van der Waals surface area contributed by atoms with E-state index in [1.165, 1.54) is 36.5 Å². The number of hydrogen-bond acceptors (Lipinski definition) is 0. The fourth-order valence-corrected chi connectivity index (χ4v) is 7.23. The van der Waals surface area contributed by atoms with Crippen LogP contribution in [0.1, 0.15) is 40.0 Å². The van der Waals surface area contributed by atoms with Gasteiger partial charge in [0.05, 0.1) is 0 Å². The molecule has 0 saturated carbocycles. The average molecular weight is 481 g/mol. The molecule has 30 heavy (non-hydrogen) atoms. The second-order valence-corrected chi connectivity index (χ2v) is 14.3. The van der Waals surface area contributed by atoms with Gasteiger partial charge in [-0.15, -0.1) is 0 Å². The molecule has 0 amide bonds. The van der Waals surface area contributed by atoms with Gasteiger partial charge in [-0.1, -0.05) is 20.3 Å². The van der Waals surface area contributed by atoms with E-state index in [2.05, 4.69) is 119 Å². The molecule has 4 aromatic heterocycles. The Labute approximate surface area is 196 Å². The van der Waals surface area contributed by atoms with Crippen molar-refractivity contribution < 1.29 is 0 Å². The highest BCUT2D eigenvalue weighted by Gasteiger charge is 1.98. The number of rotatable bonds is 6. The number of thiophene rings is 4. The first-order chi connectivity index (χ1) is 14.7. The Balaban J connectivity index is 0.000000202.